The summed E-state index contributed by atoms with van der Waals surface area (Å²) in [4.78, 5) is 6.90. The first-order chi connectivity index (χ1) is 8.77. The van der Waals surface area contributed by atoms with Gasteiger partial charge < -0.3 is 15.8 Å². The van der Waals surface area contributed by atoms with E-state index in [-0.39, 0.29) is 0 Å². The molecule has 106 valence electrons. The highest BCUT2D eigenvalue weighted by Crippen LogP contribution is 2.16. The molecule has 1 saturated heterocycles. The minimum atomic E-state index is 0.564. The topological polar surface area (TPSA) is 62.9 Å². The van der Waals surface area contributed by atoms with Gasteiger partial charge in [0.1, 0.15) is 0 Å². The second-order valence-electron chi connectivity index (χ2n) is 4.63. The summed E-state index contributed by atoms with van der Waals surface area (Å²) in [5.41, 5.74) is 5.83. The average molecular weight is 256 g/mol. The molecule has 1 aliphatic rings. The molecule has 1 heterocycles. The minimum Gasteiger partial charge on any atom is -0.382 e. The van der Waals surface area contributed by atoms with Crippen molar-refractivity contribution >= 4 is 5.96 Å². The van der Waals surface area contributed by atoms with E-state index in [4.69, 9.17) is 10.5 Å². The second-order valence-corrected chi connectivity index (χ2v) is 4.63. The zero-order valence-corrected chi connectivity index (χ0v) is 11.8. The van der Waals surface area contributed by atoms with Gasteiger partial charge in [0, 0.05) is 25.8 Å². The third kappa shape index (κ3) is 5.69. The maximum absolute atomic E-state index is 5.83. The molecule has 3 N–H and O–H groups in total. The van der Waals surface area contributed by atoms with Gasteiger partial charge in [0.25, 0.3) is 0 Å². The lowest BCUT2D eigenvalue weighted by Gasteiger charge is -2.20. The minimum absolute atomic E-state index is 0.564. The van der Waals surface area contributed by atoms with Crippen LogP contribution in [0.15, 0.2) is 4.99 Å². The predicted octanol–water partition coefficient (Wildman–Crippen LogP) is 0.802. The number of hydrogen-bond donors (Lipinski definition) is 2. The van der Waals surface area contributed by atoms with Crippen molar-refractivity contribution in [1.82, 2.24) is 10.2 Å². The Kier molecular flexibility index (Phi) is 7.76. The Bertz CT molecular complexity index is 245. The maximum Gasteiger partial charge on any atom is 0.188 e. The quantitative estimate of drug-likeness (QED) is 0.383. The first-order valence-corrected chi connectivity index (χ1v) is 7.13. The van der Waals surface area contributed by atoms with Crippen molar-refractivity contribution in [3.63, 3.8) is 0 Å². The predicted molar refractivity (Wildman–Crippen MR) is 75.9 cm³/mol. The summed E-state index contributed by atoms with van der Waals surface area (Å²) in [7, 11) is 0. The van der Waals surface area contributed by atoms with Crippen molar-refractivity contribution < 1.29 is 4.74 Å². The van der Waals surface area contributed by atoms with Gasteiger partial charge in [-0.15, -0.1) is 0 Å². The molecule has 0 aromatic carbocycles. The van der Waals surface area contributed by atoms with E-state index in [0.717, 1.165) is 39.3 Å². The Morgan fingerprint density at radius 1 is 1.50 bits per heavy atom. The molecule has 1 fully saturated rings. The molecule has 0 bridgehead atoms. The van der Waals surface area contributed by atoms with E-state index in [0.29, 0.717) is 12.0 Å². The summed E-state index contributed by atoms with van der Waals surface area (Å²) in [6, 6.07) is 0.582. The number of likely N-dealkylation sites (N-methyl/N-ethyl adjacent to an activating group) is 1. The molecule has 0 amide bonds. The zero-order valence-electron chi connectivity index (χ0n) is 11.8. The van der Waals surface area contributed by atoms with Crippen LogP contribution in [0.4, 0.5) is 0 Å². The van der Waals surface area contributed by atoms with Gasteiger partial charge in [-0.2, -0.15) is 0 Å². The van der Waals surface area contributed by atoms with E-state index in [1.165, 1.54) is 19.4 Å². The van der Waals surface area contributed by atoms with Gasteiger partial charge in [-0.3, -0.25) is 9.89 Å². The number of guanidine groups is 1. The number of hydrogen-bond acceptors (Lipinski definition) is 3. The molecule has 0 spiro atoms. The molecule has 1 aliphatic heterocycles. The number of nitrogens with two attached hydrogens (primary N) is 1. The van der Waals surface area contributed by atoms with Crippen LogP contribution >= 0.6 is 0 Å². The molecule has 0 aromatic heterocycles. The van der Waals surface area contributed by atoms with Crippen molar-refractivity contribution in [1.29, 1.82) is 0 Å². The van der Waals surface area contributed by atoms with Crippen LogP contribution in [0, 0.1) is 0 Å². The van der Waals surface area contributed by atoms with Crippen LogP contribution < -0.4 is 11.1 Å². The summed E-state index contributed by atoms with van der Waals surface area (Å²) in [5, 5.41) is 3.13. The zero-order chi connectivity index (χ0) is 13.2. The third-order valence-electron chi connectivity index (χ3n) is 3.35. The van der Waals surface area contributed by atoms with Crippen LogP contribution in [0.25, 0.3) is 0 Å². The van der Waals surface area contributed by atoms with Crippen LogP contribution in [-0.4, -0.2) is 56.3 Å². The van der Waals surface area contributed by atoms with Crippen molar-refractivity contribution in [3.8, 4) is 0 Å². The Labute approximate surface area is 111 Å². The SMILES string of the molecule is CCOCCCNC(N)=NCC1CCCN1CC. The van der Waals surface area contributed by atoms with Crippen molar-refractivity contribution in [2.45, 2.75) is 39.2 Å². The molecule has 5 heteroatoms. The standard InChI is InChI=1S/C13H28N4O/c1-3-17-9-5-7-12(17)11-16-13(14)15-8-6-10-18-4-2/h12H,3-11H2,1-2H3,(H3,14,15,16). The fourth-order valence-electron chi connectivity index (χ4n) is 2.31. The highest BCUT2D eigenvalue weighted by molar-refractivity contribution is 5.77. The molecule has 5 nitrogen and oxygen atoms in total. The lowest BCUT2D eigenvalue weighted by atomic mass is 10.2. The number of ether oxygens (including phenoxy) is 1. The number of aliphatic imine (C=N–C) groups is 1. The van der Waals surface area contributed by atoms with E-state index >= 15 is 0 Å². The third-order valence-corrected chi connectivity index (χ3v) is 3.35. The highest BCUT2D eigenvalue weighted by Gasteiger charge is 2.22. The summed E-state index contributed by atoms with van der Waals surface area (Å²) in [6.07, 6.45) is 3.50. The summed E-state index contributed by atoms with van der Waals surface area (Å²) in [5.74, 6) is 0.564. The summed E-state index contributed by atoms with van der Waals surface area (Å²) < 4.78 is 5.26. The highest BCUT2D eigenvalue weighted by atomic mass is 16.5. The molecular weight excluding hydrogens is 228 g/mol. The van der Waals surface area contributed by atoms with Gasteiger partial charge in [0.15, 0.2) is 5.96 Å². The van der Waals surface area contributed by atoms with Gasteiger partial charge in [-0.1, -0.05) is 6.92 Å². The lowest BCUT2D eigenvalue weighted by molar-refractivity contribution is 0.145. The first kappa shape index (κ1) is 15.2. The van der Waals surface area contributed by atoms with E-state index in [9.17, 15) is 0 Å². The van der Waals surface area contributed by atoms with Crippen molar-refractivity contribution in [2.75, 3.05) is 39.4 Å². The van der Waals surface area contributed by atoms with Gasteiger partial charge in [0.2, 0.25) is 0 Å². The molecule has 0 aliphatic carbocycles. The lowest BCUT2D eigenvalue weighted by Crippen LogP contribution is -2.36. The largest absolute Gasteiger partial charge is 0.382 e. The van der Waals surface area contributed by atoms with Crippen LogP contribution in [-0.2, 0) is 4.74 Å². The number of likely N-dealkylation sites (tertiary alicyclic amines) is 1. The normalized spacial score (nSPS) is 21.4. The Hall–Kier alpha value is -0.810. The molecule has 1 atom stereocenters. The molecule has 0 saturated carbocycles. The number of nitrogens with one attached hydrogen (secondary N) is 1. The fourth-order valence-corrected chi connectivity index (χ4v) is 2.31. The molecule has 0 aromatic rings. The van der Waals surface area contributed by atoms with Gasteiger partial charge in [0.05, 0.1) is 6.54 Å². The average Bonchev–Trinajstić information content (AvgIpc) is 2.83. The first-order valence-electron chi connectivity index (χ1n) is 7.13. The van der Waals surface area contributed by atoms with E-state index in [1.54, 1.807) is 0 Å². The number of rotatable bonds is 8. The molecule has 18 heavy (non-hydrogen) atoms. The van der Waals surface area contributed by atoms with E-state index in [2.05, 4.69) is 22.1 Å². The number of nitrogens with zero attached hydrogens (tertiary/aromatic N) is 2. The van der Waals surface area contributed by atoms with Crippen LogP contribution in [0.2, 0.25) is 0 Å². The molecular formula is C13H28N4O. The molecule has 0 radical (unpaired) electrons. The second kappa shape index (κ2) is 9.16. The van der Waals surface area contributed by atoms with Crippen LogP contribution in [0.1, 0.15) is 33.1 Å². The Balaban J connectivity index is 2.12. The van der Waals surface area contributed by atoms with Crippen molar-refractivity contribution in [2.24, 2.45) is 10.7 Å². The van der Waals surface area contributed by atoms with Gasteiger partial charge >= 0.3 is 0 Å². The van der Waals surface area contributed by atoms with Gasteiger partial charge in [-0.05, 0) is 39.3 Å². The van der Waals surface area contributed by atoms with E-state index < -0.39 is 0 Å². The summed E-state index contributed by atoms with van der Waals surface area (Å²) >= 11 is 0. The van der Waals surface area contributed by atoms with E-state index in [1.807, 2.05) is 6.92 Å². The van der Waals surface area contributed by atoms with Crippen LogP contribution in [0.3, 0.4) is 0 Å². The maximum atomic E-state index is 5.83. The molecule has 1 rings (SSSR count). The van der Waals surface area contributed by atoms with Crippen molar-refractivity contribution in [3.05, 3.63) is 0 Å². The molecule has 1 unspecified atom stereocenters. The Morgan fingerprint density at radius 2 is 2.33 bits per heavy atom. The van der Waals surface area contributed by atoms with Gasteiger partial charge in [-0.25, -0.2) is 0 Å². The fraction of sp³-hybridized carbons (Fsp3) is 0.923. The smallest absolute Gasteiger partial charge is 0.188 e. The summed E-state index contributed by atoms with van der Waals surface area (Å²) in [6.45, 7) is 9.73. The van der Waals surface area contributed by atoms with Crippen LogP contribution in [0.5, 0.6) is 0 Å². The monoisotopic (exact) mass is 256 g/mol. The Morgan fingerprint density at radius 3 is 3.06 bits per heavy atom.